The highest BCUT2D eigenvalue weighted by Gasteiger charge is 2.13. The van der Waals surface area contributed by atoms with E-state index in [2.05, 4.69) is 9.97 Å². The minimum atomic E-state index is -0.261. The molecule has 0 spiro atoms. The van der Waals surface area contributed by atoms with Gasteiger partial charge < -0.3 is 4.74 Å². The highest BCUT2D eigenvalue weighted by molar-refractivity contribution is 6.29. The molecule has 78 valence electrons. The second-order valence-corrected chi connectivity index (χ2v) is 4.40. The van der Waals surface area contributed by atoms with E-state index in [1.165, 1.54) is 0 Å². The summed E-state index contributed by atoms with van der Waals surface area (Å²) in [6.45, 7) is 7.88. The van der Waals surface area contributed by atoms with Gasteiger partial charge in [-0.2, -0.15) is 4.98 Å². The smallest absolute Gasteiger partial charge is 0.218 e. The molecule has 0 unspecified atom stereocenters. The van der Waals surface area contributed by atoms with Crippen LogP contribution in [-0.2, 0) is 6.42 Å². The molecule has 0 aromatic carbocycles. The molecule has 14 heavy (non-hydrogen) atoms. The summed E-state index contributed by atoms with van der Waals surface area (Å²) >= 11 is 5.83. The molecule has 0 aliphatic carbocycles. The molecule has 1 aromatic rings. The number of halogens is 1. The van der Waals surface area contributed by atoms with Crippen molar-refractivity contribution in [2.75, 3.05) is 0 Å². The summed E-state index contributed by atoms with van der Waals surface area (Å²) in [4.78, 5) is 8.28. The van der Waals surface area contributed by atoms with Crippen LogP contribution in [0.4, 0.5) is 0 Å². The van der Waals surface area contributed by atoms with Gasteiger partial charge in [-0.15, -0.1) is 0 Å². The highest BCUT2D eigenvalue weighted by Crippen LogP contribution is 2.18. The number of ether oxygens (including phenoxy) is 1. The maximum atomic E-state index is 5.83. The average molecular weight is 215 g/mol. The zero-order chi connectivity index (χ0) is 10.8. The number of nitrogens with zero attached hydrogens (tertiary/aromatic N) is 2. The maximum absolute atomic E-state index is 5.83. The summed E-state index contributed by atoms with van der Waals surface area (Å²) in [6.07, 6.45) is 0.751. The molecule has 1 heterocycles. The second-order valence-electron chi connectivity index (χ2n) is 4.01. The van der Waals surface area contributed by atoms with Crippen LogP contribution in [-0.4, -0.2) is 15.6 Å². The largest absolute Gasteiger partial charge is 0.472 e. The lowest BCUT2D eigenvalue weighted by molar-refractivity contribution is 0.123. The Hall–Kier alpha value is -0.830. The predicted molar refractivity (Wildman–Crippen MR) is 56.8 cm³/mol. The van der Waals surface area contributed by atoms with Crippen molar-refractivity contribution in [3.63, 3.8) is 0 Å². The van der Waals surface area contributed by atoms with E-state index < -0.39 is 0 Å². The lowest BCUT2D eigenvalue weighted by Crippen LogP contribution is -2.23. The van der Waals surface area contributed by atoms with Gasteiger partial charge in [-0.3, -0.25) is 0 Å². The van der Waals surface area contributed by atoms with Gasteiger partial charge in [0.25, 0.3) is 0 Å². The molecule has 0 radical (unpaired) electrons. The minimum absolute atomic E-state index is 0.261. The number of aryl methyl sites for hydroxylation is 1. The predicted octanol–water partition coefficient (Wildman–Crippen LogP) is 2.87. The van der Waals surface area contributed by atoms with E-state index in [-0.39, 0.29) is 5.60 Å². The Balaban J connectivity index is 2.92. The summed E-state index contributed by atoms with van der Waals surface area (Å²) in [7, 11) is 0. The fourth-order valence-corrected chi connectivity index (χ4v) is 1.16. The number of rotatable bonds is 2. The van der Waals surface area contributed by atoms with Crippen molar-refractivity contribution in [2.24, 2.45) is 0 Å². The number of hydrogen-bond acceptors (Lipinski definition) is 3. The normalized spacial score (nSPS) is 11.5. The van der Waals surface area contributed by atoms with E-state index in [9.17, 15) is 0 Å². The van der Waals surface area contributed by atoms with E-state index in [0.29, 0.717) is 16.9 Å². The van der Waals surface area contributed by atoms with E-state index in [4.69, 9.17) is 16.3 Å². The zero-order valence-electron chi connectivity index (χ0n) is 8.97. The Morgan fingerprint density at radius 3 is 2.50 bits per heavy atom. The first-order chi connectivity index (χ1) is 6.40. The third-order valence-corrected chi connectivity index (χ3v) is 1.64. The molecule has 0 saturated carbocycles. The third kappa shape index (κ3) is 3.50. The van der Waals surface area contributed by atoms with Crippen LogP contribution in [0.3, 0.4) is 0 Å². The van der Waals surface area contributed by atoms with Crippen LogP contribution in [0.1, 0.15) is 33.5 Å². The van der Waals surface area contributed by atoms with Crippen molar-refractivity contribution >= 4 is 11.6 Å². The van der Waals surface area contributed by atoms with E-state index in [0.717, 1.165) is 6.42 Å². The first-order valence-electron chi connectivity index (χ1n) is 4.63. The fourth-order valence-electron chi connectivity index (χ4n) is 0.966. The van der Waals surface area contributed by atoms with Crippen LogP contribution in [0.5, 0.6) is 5.88 Å². The van der Waals surface area contributed by atoms with E-state index in [1.807, 2.05) is 27.7 Å². The minimum Gasteiger partial charge on any atom is -0.472 e. The molecule has 0 bridgehead atoms. The van der Waals surface area contributed by atoms with Crippen molar-refractivity contribution in [1.29, 1.82) is 0 Å². The molecular weight excluding hydrogens is 200 g/mol. The van der Waals surface area contributed by atoms with Crippen LogP contribution in [0.25, 0.3) is 0 Å². The van der Waals surface area contributed by atoms with Crippen LogP contribution in [0.15, 0.2) is 6.07 Å². The quantitative estimate of drug-likeness (QED) is 0.711. The van der Waals surface area contributed by atoms with Gasteiger partial charge in [0.15, 0.2) is 0 Å². The van der Waals surface area contributed by atoms with Gasteiger partial charge >= 0.3 is 0 Å². The lowest BCUT2D eigenvalue weighted by Gasteiger charge is -2.20. The molecule has 0 saturated heterocycles. The standard InChI is InChI=1S/C10H15ClN2O/c1-5-8-12-7(11)6-9(13-8)14-10(2,3)4/h6H,5H2,1-4H3. The Morgan fingerprint density at radius 1 is 1.36 bits per heavy atom. The average Bonchev–Trinajstić information content (AvgIpc) is 1.99. The summed E-state index contributed by atoms with van der Waals surface area (Å²) in [5, 5.41) is 0.427. The molecule has 0 aliphatic rings. The van der Waals surface area contributed by atoms with Crippen molar-refractivity contribution in [2.45, 2.75) is 39.7 Å². The fraction of sp³-hybridized carbons (Fsp3) is 0.600. The lowest BCUT2D eigenvalue weighted by atomic mass is 10.2. The first kappa shape index (κ1) is 11.2. The Bertz CT molecular complexity index is 320. The molecule has 0 aliphatic heterocycles. The van der Waals surface area contributed by atoms with Gasteiger partial charge in [-0.05, 0) is 20.8 Å². The maximum Gasteiger partial charge on any atom is 0.218 e. The molecule has 0 atom stereocenters. The Morgan fingerprint density at radius 2 is 2.00 bits per heavy atom. The van der Waals surface area contributed by atoms with Gasteiger partial charge in [-0.1, -0.05) is 18.5 Å². The molecule has 1 rings (SSSR count). The monoisotopic (exact) mass is 214 g/mol. The topological polar surface area (TPSA) is 35.0 Å². The Labute approximate surface area is 89.5 Å². The molecule has 4 heteroatoms. The molecule has 0 fully saturated rings. The molecule has 1 aromatic heterocycles. The van der Waals surface area contributed by atoms with Gasteiger partial charge in [-0.25, -0.2) is 4.98 Å². The molecular formula is C10H15ClN2O. The number of hydrogen-bond donors (Lipinski definition) is 0. The number of aromatic nitrogens is 2. The van der Waals surface area contributed by atoms with Crippen molar-refractivity contribution in [3.8, 4) is 5.88 Å². The second kappa shape index (κ2) is 4.13. The van der Waals surface area contributed by atoms with E-state index >= 15 is 0 Å². The summed E-state index contributed by atoms with van der Waals surface area (Å²) in [6, 6.07) is 1.63. The molecule has 0 N–H and O–H groups in total. The van der Waals surface area contributed by atoms with Crippen LogP contribution in [0, 0.1) is 0 Å². The van der Waals surface area contributed by atoms with Crippen molar-refractivity contribution < 1.29 is 4.74 Å². The van der Waals surface area contributed by atoms with E-state index in [1.54, 1.807) is 6.07 Å². The summed E-state index contributed by atoms with van der Waals surface area (Å²) in [5.74, 6) is 1.24. The Kier molecular flexibility index (Phi) is 3.32. The molecule has 3 nitrogen and oxygen atoms in total. The summed E-state index contributed by atoms with van der Waals surface area (Å²) < 4.78 is 5.59. The highest BCUT2D eigenvalue weighted by atomic mass is 35.5. The van der Waals surface area contributed by atoms with Crippen LogP contribution < -0.4 is 4.74 Å². The first-order valence-corrected chi connectivity index (χ1v) is 5.01. The van der Waals surface area contributed by atoms with Crippen molar-refractivity contribution in [1.82, 2.24) is 9.97 Å². The van der Waals surface area contributed by atoms with Gasteiger partial charge in [0.2, 0.25) is 5.88 Å². The van der Waals surface area contributed by atoms with Crippen molar-refractivity contribution in [3.05, 3.63) is 17.0 Å². The van der Waals surface area contributed by atoms with Crippen LogP contribution >= 0.6 is 11.6 Å². The van der Waals surface area contributed by atoms with Gasteiger partial charge in [0.05, 0.1) is 0 Å². The van der Waals surface area contributed by atoms with Gasteiger partial charge in [0, 0.05) is 12.5 Å². The SMILES string of the molecule is CCc1nc(Cl)cc(OC(C)(C)C)n1. The third-order valence-electron chi connectivity index (χ3n) is 1.44. The zero-order valence-corrected chi connectivity index (χ0v) is 9.72. The van der Waals surface area contributed by atoms with Crippen LogP contribution in [0.2, 0.25) is 5.15 Å². The summed E-state index contributed by atoms with van der Waals surface area (Å²) in [5.41, 5.74) is -0.261. The molecule has 0 amide bonds. The van der Waals surface area contributed by atoms with Gasteiger partial charge in [0.1, 0.15) is 16.6 Å².